The van der Waals surface area contributed by atoms with Crippen molar-refractivity contribution < 1.29 is 0 Å². The van der Waals surface area contributed by atoms with Crippen LogP contribution in [-0.4, -0.2) is 31.2 Å². The van der Waals surface area contributed by atoms with Gasteiger partial charge in [0.2, 0.25) is 0 Å². The van der Waals surface area contributed by atoms with Crippen LogP contribution in [0.5, 0.6) is 0 Å². The second-order valence-electron chi connectivity index (χ2n) is 2.58. The lowest BCUT2D eigenvalue weighted by molar-refractivity contribution is 0.208. The maximum Gasteiger partial charge on any atom is 0.0103 e. The van der Waals surface area contributed by atoms with Crippen LogP contribution in [0.3, 0.4) is 0 Å². The largest absolute Gasteiger partial charge is 0.330 e. The van der Waals surface area contributed by atoms with E-state index in [1.165, 1.54) is 6.42 Å². The van der Waals surface area contributed by atoms with Crippen molar-refractivity contribution in [2.75, 3.05) is 26.2 Å². The lowest BCUT2D eigenvalue weighted by atomic mass is 10.3. The molecule has 0 bridgehead atoms. The van der Waals surface area contributed by atoms with E-state index < -0.39 is 0 Å². The molecule has 3 heteroatoms. The van der Waals surface area contributed by atoms with E-state index in [0.717, 1.165) is 32.6 Å². The maximum atomic E-state index is 5.37. The van der Waals surface area contributed by atoms with E-state index in [0.29, 0.717) is 0 Å². The van der Waals surface area contributed by atoms with E-state index in [4.69, 9.17) is 5.73 Å². The van der Waals surface area contributed by atoms with Crippen LogP contribution in [0.2, 0.25) is 0 Å². The number of unbranched alkanes of at least 4 members (excludes halogenated alkanes) is 1. The fourth-order valence-electron chi connectivity index (χ4n) is 0.954. The van der Waals surface area contributed by atoms with Crippen LogP contribution in [-0.2, 0) is 0 Å². The summed E-state index contributed by atoms with van der Waals surface area (Å²) < 4.78 is 0. The summed E-state index contributed by atoms with van der Waals surface area (Å²) in [5, 5.41) is 2.20. The highest BCUT2D eigenvalue weighted by molar-refractivity contribution is 4.47. The van der Waals surface area contributed by atoms with Gasteiger partial charge in [-0.05, 0) is 19.4 Å². The van der Waals surface area contributed by atoms with E-state index in [2.05, 4.69) is 24.3 Å². The second kappa shape index (κ2) is 7.98. The molecule has 0 rings (SSSR count). The Hall–Kier alpha value is -0.120. The molecule has 0 heterocycles. The Kier molecular flexibility index (Phi) is 7.89. The van der Waals surface area contributed by atoms with Gasteiger partial charge in [0.05, 0.1) is 0 Å². The van der Waals surface area contributed by atoms with Crippen molar-refractivity contribution >= 4 is 0 Å². The van der Waals surface area contributed by atoms with Crippen LogP contribution in [0, 0.1) is 0 Å². The molecule has 3 N–H and O–H groups in total. The molecular weight excluding hydrogens is 138 g/mol. The molecule has 0 aliphatic rings. The van der Waals surface area contributed by atoms with E-state index >= 15 is 0 Å². The minimum absolute atomic E-state index is 0.805. The monoisotopic (exact) mass is 159 g/mol. The van der Waals surface area contributed by atoms with E-state index in [1.807, 2.05) is 0 Å². The zero-order valence-electron chi connectivity index (χ0n) is 7.77. The third-order valence-corrected chi connectivity index (χ3v) is 1.73. The van der Waals surface area contributed by atoms with E-state index in [-0.39, 0.29) is 0 Å². The summed E-state index contributed by atoms with van der Waals surface area (Å²) in [4.78, 5) is 0. The standard InChI is InChI=1S/C8H21N3/c1-3-11(4-2)10-8-6-5-7-9/h10H,3-9H2,1-2H3. The first kappa shape index (κ1) is 10.9. The van der Waals surface area contributed by atoms with Crippen molar-refractivity contribution in [2.45, 2.75) is 26.7 Å². The summed E-state index contributed by atoms with van der Waals surface area (Å²) in [6.07, 6.45) is 2.29. The van der Waals surface area contributed by atoms with Crippen molar-refractivity contribution in [2.24, 2.45) is 5.73 Å². The van der Waals surface area contributed by atoms with Crippen LogP contribution in [0.1, 0.15) is 26.7 Å². The van der Waals surface area contributed by atoms with E-state index in [9.17, 15) is 0 Å². The Morgan fingerprint density at radius 3 is 2.27 bits per heavy atom. The van der Waals surface area contributed by atoms with Crippen LogP contribution in [0.4, 0.5) is 0 Å². The van der Waals surface area contributed by atoms with Gasteiger partial charge in [-0.1, -0.05) is 13.8 Å². The molecule has 0 aromatic heterocycles. The third-order valence-electron chi connectivity index (χ3n) is 1.73. The van der Waals surface area contributed by atoms with Gasteiger partial charge in [0.25, 0.3) is 0 Å². The summed E-state index contributed by atoms with van der Waals surface area (Å²) in [5.74, 6) is 0. The Balaban J connectivity index is 3.07. The average Bonchev–Trinajstić information content (AvgIpc) is 2.05. The molecule has 0 saturated carbocycles. The molecular formula is C8H21N3. The molecule has 0 spiro atoms. The number of nitrogens with two attached hydrogens (primary N) is 1. The number of rotatable bonds is 7. The number of hydrogen-bond donors (Lipinski definition) is 2. The zero-order chi connectivity index (χ0) is 8.53. The molecule has 68 valence electrons. The van der Waals surface area contributed by atoms with Gasteiger partial charge >= 0.3 is 0 Å². The molecule has 0 aromatic carbocycles. The van der Waals surface area contributed by atoms with Gasteiger partial charge in [-0.3, -0.25) is 5.43 Å². The summed E-state index contributed by atoms with van der Waals surface area (Å²) in [7, 11) is 0. The number of nitrogens with one attached hydrogen (secondary N) is 1. The zero-order valence-corrected chi connectivity index (χ0v) is 7.77. The van der Waals surface area contributed by atoms with Gasteiger partial charge in [0.15, 0.2) is 0 Å². The molecule has 0 unspecified atom stereocenters. The van der Waals surface area contributed by atoms with Crippen LogP contribution in [0.15, 0.2) is 0 Å². The smallest absolute Gasteiger partial charge is 0.0103 e. The second-order valence-corrected chi connectivity index (χ2v) is 2.58. The predicted molar refractivity (Wildman–Crippen MR) is 49.2 cm³/mol. The fourth-order valence-corrected chi connectivity index (χ4v) is 0.954. The van der Waals surface area contributed by atoms with Crippen molar-refractivity contribution in [1.82, 2.24) is 10.4 Å². The average molecular weight is 159 g/mol. The topological polar surface area (TPSA) is 41.3 Å². The number of hydrazine groups is 1. The molecule has 0 aromatic rings. The van der Waals surface area contributed by atoms with Gasteiger partial charge in [0, 0.05) is 19.6 Å². The lowest BCUT2D eigenvalue weighted by Crippen LogP contribution is -2.38. The summed E-state index contributed by atoms with van der Waals surface area (Å²) in [6, 6.07) is 0. The first-order valence-corrected chi connectivity index (χ1v) is 4.53. The predicted octanol–water partition coefficient (Wildman–Crippen LogP) is 0.572. The number of hydrogen-bond acceptors (Lipinski definition) is 3. The van der Waals surface area contributed by atoms with Gasteiger partial charge in [0.1, 0.15) is 0 Å². The molecule has 11 heavy (non-hydrogen) atoms. The normalized spacial score (nSPS) is 10.9. The highest BCUT2D eigenvalue weighted by Gasteiger charge is 1.94. The highest BCUT2D eigenvalue weighted by Crippen LogP contribution is 1.85. The van der Waals surface area contributed by atoms with Crippen molar-refractivity contribution in [3.05, 3.63) is 0 Å². The molecule has 0 atom stereocenters. The molecule has 0 amide bonds. The number of nitrogens with zero attached hydrogens (tertiary/aromatic N) is 1. The maximum absolute atomic E-state index is 5.37. The first-order valence-electron chi connectivity index (χ1n) is 4.53. The van der Waals surface area contributed by atoms with Crippen molar-refractivity contribution in [3.63, 3.8) is 0 Å². The Labute approximate surface area is 69.9 Å². The molecule has 0 aliphatic carbocycles. The van der Waals surface area contributed by atoms with Gasteiger partial charge < -0.3 is 5.73 Å². The minimum Gasteiger partial charge on any atom is -0.330 e. The Morgan fingerprint density at radius 2 is 1.82 bits per heavy atom. The molecule has 0 fully saturated rings. The van der Waals surface area contributed by atoms with Crippen LogP contribution < -0.4 is 11.2 Å². The van der Waals surface area contributed by atoms with Crippen LogP contribution in [0.25, 0.3) is 0 Å². The van der Waals surface area contributed by atoms with Gasteiger partial charge in [-0.2, -0.15) is 0 Å². The molecule has 0 radical (unpaired) electrons. The van der Waals surface area contributed by atoms with E-state index in [1.54, 1.807) is 0 Å². The SMILES string of the molecule is CCN(CC)NCCCCN. The Morgan fingerprint density at radius 1 is 1.18 bits per heavy atom. The summed E-state index contributed by atoms with van der Waals surface area (Å²) in [5.41, 5.74) is 8.70. The highest BCUT2D eigenvalue weighted by atomic mass is 15.5. The fraction of sp³-hybridized carbons (Fsp3) is 1.00. The molecule has 0 aliphatic heterocycles. The quantitative estimate of drug-likeness (QED) is 0.421. The van der Waals surface area contributed by atoms with Gasteiger partial charge in [-0.25, -0.2) is 5.01 Å². The molecule has 3 nitrogen and oxygen atoms in total. The van der Waals surface area contributed by atoms with Crippen molar-refractivity contribution in [1.29, 1.82) is 0 Å². The summed E-state index contributed by atoms with van der Waals surface area (Å²) >= 11 is 0. The summed E-state index contributed by atoms with van der Waals surface area (Å²) in [6.45, 7) is 8.30. The lowest BCUT2D eigenvalue weighted by Gasteiger charge is -2.18. The van der Waals surface area contributed by atoms with Crippen LogP contribution >= 0.6 is 0 Å². The molecule has 0 saturated heterocycles. The third kappa shape index (κ3) is 6.28. The van der Waals surface area contributed by atoms with Gasteiger partial charge in [-0.15, -0.1) is 0 Å². The van der Waals surface area contributed by atoms with Crippen molar-refractivity contribution in [3.8, 4) is 0 Å². The first-order chi connectivity index (χ1) is 5.35. The minimum atomic E-state index is 0.805. The Bertz CT molecular complexity index is 71.7.